The third-order valence-corrected chi connectivity index (χ3v) is 1.57. The lowest BCUT2D eigenvalue weighted by atomic mass is 9.77. The van der Waals surface area contributed by atoms with E-state index < -0.39 is 12.9 Å². The molecule has 0 amide bonds. The molecule has 0 aliphatic carbocycles. The first-order valence-corrected chi connectivity index (χ1v) is 3.54. The quantitative estimate of drug-likeness (QED) is 0.232. The van der Waals surface area contributed by atoms with Gasteiger partial charge in [0.25, 0.3) is 0 Å². The Morgan fingerprint density at radius 2 is 2.15 bits per heavy atom. The molecular formula is C7H8BFN2O2. The van der Waals surface area contributed by atoms with E-state index in [1.54, 1.807) is 0 Å². The van der Waals surface area contributed by atoms with Crippen molar-refractivity contribution < 1.29 is 14.4 Å². The van der Waals surface area contributed by atoms with Gasteiger partial charge in [0.05, 0.1) is 6.21 Å². The molecule has 0 aliphatic heterocycles. The van der Waals surface area contributed by atoms with E-state index in [-0.39, 0.29) is 11.0 Å². The Labute approximate surface area is 74.6 Å². The Balaban J connectivity index is 3.25. The molecule has 0 atom stereocenters. The molecule has 0 aliphatic rings. The van der Waals surface area contributed by atoms with Gasteiger partial charge in [0.2, 0.25) is 0 Å². The standard InChI is InChI=1S/C7H8BFN2O2/c9-7-3-1-2-6(8(12)13)5(7)4-11-10/h1-4,12-13H,10H2. The van der Waals surface area contributed by atoms with Crippen molar-refractivity contribution in [2.75, 3.05) is 0 Å². The molecule has 1 rings (SSSR count). The maximum atomic E-state index is 13.0. The van der Waals surface area contributed by atoms with Crippen LogP contribution >= 0.6 is 0 Å². The third kappa shape index (κ3) is 2.04. The van der Waals surface area contributed by atoms with Crippen molar-refractivity contribution in [2.45, 2.75) is 0 Å². The number of hydrogen-bond acceptors (Lipinski definition) is 4. The highest BCUT2D eigenvalue weighted by atomic mass is 19.1. The van der Waals surface area contributed by atoms with Crippen LogP contribution in [0, 0.1) is 5.82 Å². The van der Waals surface area contributed by atoms with E-state index >= 15 is 0 Å². The van der Waals surface area contributed by atoms with E-state index in [0.717, 1.165) is 6.21 Å². The summed E-state index contributed by atoms with van der Waals surface area (Å²) in [7, 11) is -1.73. The van der Waals surface area contributed by atoms with Crippen LogP contribution in [0.3, 0.4) is 0 Å². The van der Waals surface area contributed by atoms with Gasteiger partial charge in [-0.25, -0.2) is 4.39 Å². The van der Waals surface area contributed by atoms with E-state index in [2.05, 4.69) is 5.10 Å². The zero-order chi connectivity index (χ0) is 9.84. The van der Waals surface area contributed by atoms with E-state index in [1.807, 2.05) is 0 Å². The average molecular weight is 182 g/mol. The van der Waals surface area contributed by atoms with Crippen LogP contribution in [0.2, 0.25) is 0 Å². The van der Waals surface area contributed by atoms with Crippen LogP contribution in [0.15, 0.2) is 23.3 Å². The van der Waals surface area contributed by atoms with Gasteiger partial charge < -0.3 is 15.9 Å². The van der Waals surface area contributed by atoms with E-state index in [0.29, 0.717) is 0 Å². The van der Waals surface area contributed by atoms with Gasteiger partial charge in [-0.3, -0.25) is 0 Å². The monoisotopic (exact) mass is 182 g/mol. The minimum absolute atomic E-state index is 0.0139. The van der Waals surface area contributed by atoms with Crippen LogP contribution in [-0.4, -0.2) is 23.4 Å². The number of nitrogens with zero attached hydrogens (tertiary/aromatic N) is 1. The molecular weight excluding hydrogens is 174 g/mol. The molecule has 13 heavy (non-hydrogen) atoms. The number of hydrogen-bond donors (Lipinski definition) is 3. The number of halogens is 1. The van der Waals surface area contributed by atoms with Crippen molar-refractivity contribution in [2.24, 2.45) is 10.9 Å². The van der Waals surface area contributed by atoms with Gasteiger partial charge in [-0.2, -0.15) is 5.10 Å². The second-order valence-corrected chi connectivity index (χ2v) is 2.39. The van der Waals surface area contributed by atoms with Crippen LogP contribution in [0.5, 0.6) is 0 Å². The number of benzene rings is 1. The lowest BCUT2D eigenvalue weighted by molar-refractivity contribution is 0.425. The SMILES string of the molecule is NN=Cc1c(F)cccc1B(O)O. The fourth-order valence-electron chi connectivity index (χ4n) is 0.990. The largest absolute Gasteiger partial charge is 0.489 e. The van der Waals surface area contributed by atoms with Crippen molar-refractivity contribution in [1.29, 1.82) is 0 Å². The lowest BCUT2D eigenvalue weighted by Gasteiger charge is -2.04. The summed E-state index contributed by atoms with van der Waals surface area (Å²) in [6.07, 6.45) is 1.03. The van der Waals surface area contributed by atoms with Crippen molar-refractivity contribution in [3.63, 3.8) is 0 Å². The van der Waals surface area contributed by atoms with Crippen LogP contribution in [0.4, 0.5) is 4.39 Å². The molecule has 1 aromatic carbocycles. The van der Waals surface area contributed by atoms with Gasteiger partial charge in [0.15, 0.2) is 0 Å². The predicted molar refractivity (Wildman–Crippen MR) is 48.0 cm³/mol. The normalized spacial score (nSPS) is 10.7. The fraction of sp³-hybridized carbons (Fsp3) is 0. The topological polar surface area (TPSA) is 78.8 Å². The summed E-state index contributed by atoms with van der Waals surface area (Å²) in [5.41, 5.74) is 0.0224. The summed E-state index contributed by atoms with van der Waals surface area (Å²) in [5.74, 6) is 4.24. The van der Waals surface area contributed by atoms with Crippen molar-refractivity contribution in [3.8, 4) is 0 Å². The Bertz CT molecular complexity index is 330. The first-order chi connectivity index (χ1) is 6.16. The van der Waals surface area contributed by atoms with Gasteiger partial charge in [-0.1, -0.05) is 12.1 Å². The molecule has 0 spiro atoms. The van der Waals surface area contributed by atoms with E-state index in [9.17, 15) is 4.39 Å². The number of rotatable bonds is 2. The molecule has 0 bridgehead atoms. The van der Waals surface area contributed by atoms with Crippen molar-refractivity contribution in [1.82, 2.24) is 0 Å². The maximum absolute atomic E-state index is 13.0. The summed E-state index contributed by atoms with van der Waals surface area (Å²) in [6, 6.07) is 3.94. The van der Waals surface area contributed by atoms with Crippen LogP contribution in [0.1, 0.15) is 5.56 Å². The molecule has 4 nitrogen and oxygen atoms in total. The molecule has 4 N–H and O–H groups in total. The second kappa shape index (κ2) is 4.02. The minimum Gasteiger partial charge on any atom is -0.423 e. The summed E-state index contributed by atoms with van der Waals surface area (Å²) < 4.78 is 13.0. The molecule has 0 saturated carbocycles. The molecule has 0 radical (unpaired) electrons. The molecule has 6 heteroatoms. The Morgan fingerprint density at radius 1 is 1.46 bits per heavy atom. The molecule has 0 saturated heterocycles. The van der Waals surface area contributed by atoms with E-state index in [1.165, 1.54) is 18.2 Å². The zero-order valence-corrected chi connectivity index (χ0v) is 6.68. The summed E-state index contributed by atoms with van der Waals surface area (Å²) >= 11 is 0. The third-order valence-electron chi connectivity index (χ3n) is 1.57. The first-order valence-electron chi connectivity index (χ1n) is 3.54. The highest BCUT2D eigenvalue weighted by molar-refractivity contribution is 6.60. The van der Waals surface area contributed by atoms with Gasteiger partial charge >= 0.3 is 7.12 Å². The Morgan fingerprint density at radius 3 is 2.69 bits per heavy atom. The van der Waals surface area contributed by atoms with Gasteiger partial charge in [-0.05, 0) is 11.5 Å². The Kier molecular flexibility index (Phi) is 3.00. The van der Waals surface area contributed by atoms with E-state index in [4.69, 9.17) is 15.9 Å². The fourth-order valence-corrected chi connectivity index (χ4v) is 0.990. The first kappa shape index (κ1) is 9.69. The molecule has 0 heterocycles. The molecule has 68 valence electrons. The molecule has 0 aromatic heterocycles. The van der Waals surface area contributed by atoms with Crippen LogP contribution < -0.4 is 11.3 Å². The van der Waals surface area contributed by atoms with Crippen LogP contribution in [-0.2, 0) is 0 Å². The summed E-state index contributed by atoms with van der Waals surface area (Å²) in [4.78, 5) is 0. The highest BCUT2D eigenvalue weighted by Crippen LogP contribution is 2.01. The second-order valence-electron chi connectivity index (χ2n) is 2.39. The zero-order valence-electron chi connectivity index (χ0n) is 6.68. The minimum atomic E-state index is -1.73. The lowest BCUT2D eigenvalue weighted by Crippen LogP contribution is -2.33. The summed E-state index contributed by atoms with van der Waals surface area (Å²) in [5, 5.41) is 20.8. The van der Waals surface area contributed by atoms with Gasteiger partial charge in [0.1, 0.15) is 5.82 Å². The molecule has 1 aromatic rings. The maximum Gasteiger partial charge on any atom is 0.489 e. The highest BCUT2D eigenvalue weighted by Gasteiger charge is 2.17. The van der Waals surface area contributed by atoms with Crippen molar-refractivity contribution >= 4 is 18.8 Å². The van der Waals surface area contributed by atoms with Gasteiger partial charge in [-0.15, -0.1) is 0 Å². The summed E-state index contributed by atoms with van der Waals surface area (Å²) in [6.45, 7) is 0. The number of hydrazone groups is 1. The smallest absolute Gasteiger partial charge is 0.423 e. The molecule has 0 fully saturated rings. The average Bonchev–Trinajstić information content (AvgIpc) is 2.08. The predicted octanol–water partition coefficient (Wildman–Crippen LogP) is -1.20. The number of nitrogens with two attached hydrogens (primary N) is 1. The van der Waals surface area contributed by atoms with Crippen LogP contribution in [0.25, 0.3) is 0 Å². The molecule has 0 unspecified atom stereocenters. The van der Waals surface area contributed by atoms with Crippen molar-refractivity contribution in [3.05, 3.63) is 29.6 Å². The van der Waals surface area contributed by atoms with Gasteiger partial charge in [0, 0.05) is 5.56 Å². The Hall–Kier alpha value is -1.40.